The summed E-state index contributed by atoms with van der Waals surface area (Å²) in [5, 5.41) is 1.03. The molecule has 0 radical (unpaired) electrons. The molecular weight excluding hydrogens is 372 g/mol. The summed E-state index contributed by atoms with van der Waals surface area (Å²) in [6.45, 7) is 7.92. The lowest BCUT2D eigenvalue weighted by Crippen LogP contribution is -2.37. The van der Waals surface area contributed by atoms with Crippen molar-refractivity contribution in [2.75, 3.05) is 26.8 Å². The molecule has 0 N–H and O–H groups in total. The van der Waals surface area contributed by atoms with Crippen molar-refractivity contribution in [3.05, 3.63) is 30.0 Å². The first kappa shape index (κ1) is 22.9. The van der Waals surface area contributed by atoms with Crippen LogP contribution in [0.4, 0.5) is 0 Å². The van der Waals surface area contributed by atoms with Gasteiger partial charge in [-0.1, -0.05) is 32.6 Å². The summed E-state index contributed by atoms with van der Waals surface area (Å²) in [7, 11) is 1.73. The molecule has 0 amide bonds. The maximum atomic E-state index is 6.03. The lowest BCUT2D eigenvalue weighted by atomic mass is 10.0. The summed E-state index contributed by atoms with van der Waals surface area (Å²) in [6, 6.07) is 9.02. The summed E-state index contributed by atoms with van der Waals surface area (Å²) in [5.74, 6) is 1.80. The Morgan fingerprint density at radius 3 is 2.73 bits per heavy atom. The topological polar surface area (TPSA) is 34.6 Å². The van der Waals surface area contributed by atoms with E-state index in [0.29, 0.717) is 0 Å². The molecule has 0 aliphatic carbocycles. The number of hydrogen-bond acceptors (Lipinski definition) is 4. The lowest BCUT2D eigenvalue weighted by Gasteiger charge is -2.33. The van der Waals surface area contributed by atoms with Crippen molar-refractivity contribution in [3.8, 4) is 11.5 Å². The third kappa shape index (κ3) is 6.60. The van der Waals surface area contributed by atoms with Gasteiger partial charge in [-0.3, -0.25) is 4.98 Å². The van der Waals surface area contributed by atoms with Gasteiger partial charge in [0, 0.05) is 23.2 Å². The van der Waals surface area contributed by atoms with Crippen LogP contribution in [0.5, 0.6) is 11.5 Å². The second-order valence-corrected chi connectivity index (χ2v) is 8.74. The van der Waals surface area contributed by atoms with Crippen molar-refractivity contribution in [3.63, 3.8) is 0 Å². The second-order valence-electron chi connectivity index (χ2n) is 8.74. The molecule has 3 rings (SSSR count). The maximum Gasteiger partial charge on any atom is 0.130 e. The van der Waals surface area contributed by atoms with E-state index in [2.05, 4.69) is 36.9 Å². The van der Waals surface area contributed by atoms with Crippen molar-refractivity contribution in [1.29, 1.82) is 0 Å². The van der Waals surface area contributed by atoms with E-state index >= 15 is 0 Å². The molecule has 2 aromatic rings. The fraction of sp³-hybridized carbons (Fsp3) is 0.654. The minimum Gasteiger partial charge on any atom is -0.496 e. The number of fused-ring (bicyclic) bond motifs is 1. The smallest absolute Gasteiger partial charge is 0.130 e. The fourth-order valence-electron chi connectivity index (χ4n) is 4.42. The van der Waals surface area contributed by atoms with E-state index in [-0.39, 0.29) is 0 Å². The fourth-order valence-corrected chi connectivity index (χ4v) is 4.42. The Bertz CT molecular complexity index is 777. The monoisotopic (exact) mass is 412 g/mol. The van der Waals surface area contributed by atoms with Crippen LogP contribution < -0.4 is 9.47 Å². The van der Waals surface area contributed by atoms with Crippen LogP contribution in [0.15, 0.2) is 24.3 Å². The van der Waals surface area contributed by atoms with Gasteiger partial charge in [-0.25, -0.2) is 0 Å². The van der Waals surface area contributed by atoms with Crippen LogP contribution in [-0.4, -0.2) is 42.7 Å². The molecule has 0 saturated carbocycles. The molecule has 30 heavy (non-hydrogen) atoms. The Morgan fingerprint density at radius 1 is 1.07 bits per heavy atom. The number of hydrogen-bond donors (Lipinski definition) is 0. The van der Waals surface area contributed by atoms with E-state index in [4.69, 9.17) is 14.5 Å². The molecule has 1 aliphatic rings. The zero-order valence-electron chi connectivity index (χ0n) is 19.3. The van der Waals surface area contributed by atoms with Crippen molar-refractivity contribution in [2.24, 2.45) is 0 Å². The zero-order valence-corrected chi connectivity index (χ0v) is 19.3. The Morgan fingerprint density at radius 2 is 1.93 bits per heavy atom. The number of pyridine rings is 1. The van der Waals surface area contributed by atoms with E-state index in [9.17, 15) is 0 Å². The summed E-state index contributed by atoms with van der Waals surface area (Å²) in [5.41, 5.74) is 2.09. The highest BCUT2D eigenvalue weighted by Crippen LogP contribution is 2.29. The van der Waals surface area contributed by atoms with Gasteiger partial charge in [0.05, 0.1) is 19.2 Å². The van der Waals surface area contributed by atoms with Gasteiger partial charge < -0.3 is 14.4 Å². The molecule has 4 nitrogen and oxygen atoms in total. The normalized spacial score (nSPS) is 17.4. The Labute approximate surface area is 183 Å². The second kappa shape index (κ2) is 12.1. The van der Waals surface area contributed by atoms with Gasteiger partial charge >= 0.3 is 0 Å². The SMILES string of the molecule is CCCCc1cc(OC)c2cc(OCCCCCCN3CCCCC3C)ccc2n1. The molecule has 0 spiro atoms. The summed E-state index contributed by atoms with van der Waals surface area (Å²) in [4.78, 5) is 7.47. The number of methoxy groups -OCH3 is 1. The Balaban J connectivity index is 1.42. The number of unbranched alkanes of at least 4 members (excludes halogenated alkanes) is 4. The van der Waals surface area contributed by atoms with Crippen LogP contribution in [0.3, 0.4) is 0 Å². The molecule has 166 valence electrons. The van der Waals surface area contributed by atoms with Crippen LogP contribution in [0, 0.1) is 0 Å². The van der Waals surface area contributed by atoms with Crippen LogP contribution in [0.2, 0.25) is 0 Å². The van der Waals surface area contributed by atoms with E-state index in [1.54, 1.807) is 7.11 Å². The first-order valence-corrected chi connectivity index (χ1v) is 12.1. The highest BCUT2D eigenvalue weighted by molar-refractivity contribution is 5.86. The molecule has 1 aromatic carbocycles. The molecule has 2 heterocycles. The minimum atomic E-state index is 0.774. The molecule has 0 bridgehead atoms. The van der Waals surface area contributed by atoms with E-state index < -0.39 is 0 Å². The predicted octanol–water partition coefficient (Wildman–Crippen LogP) is 6.40. The Hall–Kier alpha value is -1.81. The minimum absolute atomic E-state index is 0.774. The van der Waals surface area contributed by atoms with Crippen molar-refractivity contribution in [2.45, 2.75) is 84.1 Å². The number of nitrogens with zero attached hydrogens (tertiary/aromatic N) is 2. The molecule has 1 unspecified atom stereocenters. The highest BCUT2D eigenvalue weighted by Gasteiger charge is 2.16. The van der Waals surface area contributed by atoms with Crippen LogP contribution in [0.1, 0.15) is 77.3 Å². The van der Waals surface area contributed by atoms with Crippen LogP contribution in [0.25, 0.3) is 10.9 Å². The average Bonchev–Trinajstić information content (AvgIpc) is 2.77. The quantitative estimate of drug-likeness (QED) is 0.378. The van der Waals surface area contributed by atoms with E-state index in [1.165, 1.54) is 58.0 Å². The van der Waals surface area contributed by atoms with E-state index in [1.807, 2.05) is 6.07 Å². The molecule has 4 heteroatoms. The molecule has 1 aromatic heterocycles. The molecule has 1 fully saturated rings. The van der Waals surface area contributed by atoms with Gasteiger partial charge in [0.1, 0.15) is 11.5 Å². The van der Waals surface area contributed by atoms with Gasteiger partial charge in [0.25, 0.3) is 0 Å². The lowest BCUT2D eigenvalue weighted by molar-refractivity contribution is 0.157. The largest absolute Gasteiger partial charge is 0.496 e. The highest BCUT2D eigenvalue weighted by atomic mass is 16.5. The number of ether oxygens (including phenoxy) is 2. The number of piperidine rings is 1. The van der Waals surface area contributed by atoms with Gasteiger partial charge in [0.2, 0.25) is 0 Å². The maximum absolute atomic E-state index is 6.03. The zero-order chi connectivity index (χ0) is 21.2. The van der Waals surface area contributed by atoms with Gasteiger partial charge in [-0.2, -0.15) is 0 Å². The third-order valence-electron chi connectivity index (χ3n) is 6.35. The van der Waals surface area contributed by atoms with Gasteiger partial charge in [0.15, 0.2) is 0 Å². The predicted molar refractivity (Wildman–Crippen MR) is 126 cm³/mol. The molecular formula is C26H40N2O2. The Kier molecular flexibility index (Phi) is 9.26. The molecule has 1 aliphatic heterocycles. The van der Waals surface area contributed by atoms with E-state index in [0.717, 1.165) is 60.0 Å². The summed E-state index contributed by atoms with van der Waals surface area (Å²) >= 11 is 0. The first-order chi connectivity index (χ1) is 14.7. The number of aryl methyl sites for hydroxylation is 1. The molecule has 1 atom stereocenters. The number of aromatic nitrogens is 1. The van der Waals surface area contributed by atoms with Crippen LogP contribution in [-0.2, 0) is 6.42 Å². The first-order valence-electron chi connectivity index (χ1n) is 12.1. The molecule has 1 saturated heterocycles. The average molecular weight is 413 g/mol. The van der Waals surface area contributed by atoms with Crippen molar-refractivity contribution in [1.82, 2.24) is 9.88 Å². The summed E-state index contributed by atoms with van der Waals surface area (Å²) < 4.78 is 11.7. The third-order valence-corrected chi connectivity index (χ3v) is 6.35. The van der Waals surface area contributed by atoms with Crippen molar-refractivity contribution < 1.29 is 9.47 Å². The number of benzene rings is 1. The van der Waals surface area contributed by atoms with Crippen LogP contribution >= 0.6 is 0 Å². The van der Waals surface area contributed by atoms with Gasteiger partial charge in [-0.15, -0.1) is 0 Å². The summed E-state index contributed by atoms with van der Waals surface area (Å²) in [6.07, 6.45) is 12.4. The standard InChI is InChI=1S/C26H40N2O2/c1-4-5-13-22-19-26(29-3)24-20-23(14-15-25(24)27-22)30-18-11-7-6-9-16-28-17-10-8-12-21(28)2/h14-15,19-21H,4-13,16-18H2,1-3H3. The number of rotatable bonds is 12. The van der Waals surface area contributed by atoms with Crippen molar-refractivity contribution >= 4 is 10.9 Å². The van der Waals surface area contributed by atoms with Gasteiger partial charge in [-0.05, 0) is 76.7 Å². The number of likely N-dealkylation sites (tertiary alicyclic amines) is 1.